The summed E-state index contributed by atoms with van der Waals surface area (Å²) in [4.78, 5) is 23.5. The highest BCUT2D eigenvalue weighted by Gasteiger charge is 2.22. The Morgan fingerprint density at radius 3 is 2.27 bits per heavy atom. The van der Waals surface area contributed by atoms with E-state index in [4.69, 9.17) is 18.9 Å². The summed E-state index contributed by atoms with van der Waals surface area (Å²) in [5.41, 5.74) is 0.381. The SMILES string of the molecule is COC(=O)[C@H](C/C=C/COC(=O)C(C)(C)C)OCc1ccc(OC)cc1. The molecule has 0 aliphatic carbocycles. The highest BCUT2D eigenvalue weighted by molar-refractivity contribution is 5.75. The normalized spacial score (nSPS) is 12.7. The van der Waals surface area contributed by atoms with Crippen LogP contribution in [-0.2, 0) is 30.4 Å². The third kappa shape index (κ3) is 7.70. The van der Waals surface area contributed by atoms with E-state index in [1.54, 1.807) is 40.0 Å². The molecule has 0 saturated heterocycles. The summed E-state index contributed by atoms with van der Waals surface area (Å²) in [6, 6.07) is 7.40. The Bertz CT molecular complexity index is 598. The monoisotopic (exact) mass is 364 g/mol. The van der Waals surface area contributed by atoms with Gasteiger partial charge >= 0.3 is 11.9 Å². The Morgan fingerprint density at radius 2 is 1.73 bits per heavy atom. The van der Waals surface area contributed by atoms with Gasteiger partial charge in [-0.15, -0.1) is 0 Å². The Hall–Kier alpha value is -2.34. The van der Waals surface area contributed by atoms with Crippen molar-refractivity contribution in [2.24, 2.45) is 5.41 Å². The number of hydrogen-bond donors (Lipinski definition) is 0. The molecule has 1 atom stereocenters. The summed E-state index contributed by atoms with van der Waals surface area (Å²) in [7, 11) is 2.92. The van der Waals surface area contributed by atoms with Crippen LogP contribution in [0.5, 0.6) is 5.75 Å². The lowest BCUT2D eigenvalue weighted by Crippen LogP contribution is -2.25. The van der Waals surface area contributed by atoms with E-state index in [-0.39, 0.29) is 19.2 Å². The van der Waals surface area contributed by atoms with E-state index in [2.05, 4.69) is 0 Å². The van der Waals surface area contributed by atoms with E-state index < -0.39 is 17.5 Å². The Labute approximate surface area is 155 Å². The van der Waals surface area contributed by atoms with Crippen LogP contribution in [0.3, 0.4) is 0 Å². The van der Waals surface area contributed by atoms with Crippen LogP contribution in [0.4, 0.5) is 0 Å². The lowest BCUT2D eigenvalue weighted by Gasteiger charge is -2.16. The van der Waals surface area contributed by atoms with Gasteiger partial charge in [-0.1, -0.05) is 24.3 Å². The molecular formula is C20H28O6. The maximum Gasteiger partial charge on any atom is 0.335 e. The van der Waals surface area contributed by atoms with Crippen molar-refractivity contribution in [3.63, 3.8) is 0 Å². The topological polar surface area (TPSA) is 71.1 Å². The lowest BCUT2D eigenvalue weighted by atomic mass is 9.97. The molecule has 144 valence electrons. The van der Waals surface area contributed by atoms with Crippen molar-refractivity contribution in [2.75, 3.05) is 20.8 Å². The summed E-state index contributed by atoms with van der Waals surface area (Å²) in [6.07, 6.45) is 3.04. The number of rotatable bonds is 9. The fraction of sp³-hybridized carbons (Fsp3) is 0.500. The molecule has 0 saturated carbocycles. The summed E-state index contributed by atoms with van der Waals surface area (Å²) in [5, 5.41) is 0. The van der Waals surface area contributed by atoms with E-state index >= 15 is 0 Å². The van der Waals surface area contributed by atoms with Crippen molar-refractivity contribution in [3.05, 3.63) is 42.0 Å². The summed E-state index contributed by atoms with van der Waals surface area (Å²) in [5.74, 6) is 0.0308. The molecule has 0 radical (unpaired) electrons. The molecule has 0 aromatic heterocycles. The van der Waals surface area contributed by atoms with Crippen LogP contribution in [0.1, 0.15) is 32.8 Å². The van der Waals surface area contributed by atoms with Gasteiger partial charge in [-0.25, -0.2) is 4.79 Å². The number of ether oxygens (including phenoxy) is 4. The van der Waals surface area contributed by atoms with Crippen LogP contribution in [0.25, 0.3) is 0 Å². The van der Waals surface area contributed by atoms with Crippen molar-refractivity contribution < 1.29 is 28.5 Å². The van der Waals surface area contributed by atoms with Crippen LogP contribution in [-0.4, -0.2) is 38.9 Å². The number of benzene rings is 1. The zero-order chi connectivity index (χ0) is 19.6. The maximum atomic E-state index is 11.9. The predicted octanol–water partition coefficient (Wildman–Crippen LogP) is 3.29. The average molecular weight is 364 g/mol. The van der Waals surface area contributed by atoms with Gasteiger partial charge in [0, 0.05) is 6.42 Å². The zero-order valence-electron chi connectivity index (χ0n) is 16.1. The minimum Gasteiger partial charge on any atom is -0.497 e. The van der Waals surface area contributed by atoms with Crippen molar-refractivity contribution in [1.29, 1.82) is 0 Å². The molecule has 0 fully saturated rings. The van der Waals surface area contributed by atoms with Gasteiger partial charge in [0.1, 0.15) is 12.4 Å². The Balaban J connectivity index is 2.49. The van der Waals surface area contributed by atoms with Gasteiger partial charge in [-0.05, 0) is 38.5 Å². The predicted molar refractivity (Wildman–Crippen MR) is 97.8 cm³/mol. The van der Waals surface area contributed by atoms with E-state index in [0.717, 1.165) is 11.3 Å². The van der Waals surface area contributed by atoms with Gasteiger partial charge < -0.3 is 18.9 Å². The summed E-state index contributed by atoms with van der Waals surface area (Å²) >= 11 is 0. The second kappa shape index (κ2) is 10.6. The third-order valence-electron chi connectivity index (χ3n) is 3.51. The minimum absolute atomic E-state index is 0.155. The van der Waals surface area contributed by atoms with E-state index in [0.29, 0.717) is 6.42 Å². The molecule has 0 aliphatic heterocycles. The third-order valence-corrected chi connectivity index (χ3v) is 3.51. The summed E-state index contributed by atoms with van der Waals surface area (Å²) < 4.78 is 20.7. The first-order chi connectivity index (χ1) is 12.3. The number of methoxy groups -OCH3 is 2. The van der Waals surface area contributed by atoms with Gasteiger partial charge in [0.05, 0.1) is 26.2 Å². The molecule has 1 aromatic carbocycles. The van der Waals surface area contributed by atoms with Crippen molar-refractivity contribution in [3.8, 4) is 5.75 Å². The fourth-order valence-corrected chi connectivity index (χ4v) is 1.91. The standard InChI is InChI=1S/C20H28O6/c1-20(2,3)19(22)25-13-7-6-8-17(18(21)24-5)26-14-15-9-11-16(23-4)12-10-15/h6-7,9-12,17H,8,13-14H2,1-5H3/b7-6+/t17-/m0/s1. The van der Waals surface area contributed by atoms with Crippen LogP contribution < -0.4 is 4.74 Å². The van der Waals surface area contributed by atoms with Gasteiger partial charge in [0.25, 0.3) is 0 Å². The molecule has 6 heteroatoms. The van der Waals surface area contributed by atoms with Crippen LogP contribution in [0.2, 0.25) is 0 Å². The fourth-order valence-electron chi connectivity index (χ4n) is 1.91. The highest BCUT2D eigenvalue weighted by atomic mass is 16.6. The molecule has 1 rings (SSSR count). The average Bonchev–Trinajstić information content (AvgIpc) is 2.62. The molecule has 0 N–H and O–H groups in total. The smallest absolute Gasteiger partial charge is 0.335 e. The molecule has 0 bridgehead atoms. The van der Waals surface area contributed by atoms with Gasteiger partial charge in [0.15, 0.2) is 6.10 Å². The molecule has 0 spiro atoms. The first-order valence-electron chi connectivity index (χ1n) is 8.42. The van der Waals surface area contributed by atoms with Crippen LogP contribution >= 0.6 is 0 Å². The molecule has 0 unspecified atom stereocenters. The molecule has 0 heterocycles. The number of carbonyl (C=O) groups is 2. The highest BCUT2D eigenvalue weighted by Crippen LogP contribution is 2.15. The van der Waals surface area contributed by atoms with Crippen molar-refractivity contribution in [1.82, 2.24) is 0 Å². The minimum atomic E-state index is -0.725. The van der Waals surface area contributed by atoms with Crippen LogP contribution in [0.15, 0.2) is 36.4 Å². The van der Waals surface area contributed by atoms with Crippen molar-refractivity contribution in [2.45, 2.75) is 39.9 Å². The molecule has 1 aromatic rings. The number of esters is 2. The molecule has 6 nitrogen and oxygen atoms in total. The van der Waals surface area contributed by atoms with Crippen LogP contribution in [0, 0.1) is 5.41 Å². The first-order valence-corrected chi connectivity index (χ1v) is 8.42. The number of carbonyl (C=O) groups excluding carboxylic acids is 2. The van der Waals surface area contributed by atoms with Crippen molar-refractivity contribution >= 4 is 11.9 Å². The van der Waals surface area contributed by atoms with E-state index in [1.165, 1.54) is 7.11 Å². The zero-order valence-corrected chi connectivity index (χ0v) is 16.1. The molecular weight excluding hydrogens is 336 g/mol. The molecule has 0 aliphatic rings. The second-order valence-electron chi connectivity index (χ2n) is 6.73. The lowest BCUT2D eigenvalue weighted by molar-refractivity contribution is -0.155. The Morgan fingerprint density at radius 1 is 1.08 bits per heavy atom. The van der Waals surface area contributed by atoms with E-state index in [9.17, 15) is 9.59 Å². The molecule has 0 amide bonds. The van der Waals surface area contributed by atoms with Gasteiger partial charge in [-0.2, -0.15) is 0 Å². The number of hydrogen-bond acceptors (Lipinski definition) is 6. The second-order valence-corrected chi connectivity index (χ2v) is 6.73. The molecule has 26 heavy (non-hydrogen) atoms. The maximum absolute atomic E-state index is 11.9. The Kier molecular flexibility index (Phi) is 8.85. The van der Waals surface area contributed by atoms with E-state index in [1.807, 2.05) is 24.3 Å². The van der Waals surface area contributed by atoms with Gasteiger partial charge in [0.2, 0.25) is 0 Å². The first kappa shape index (κ1) is 21.7. The van der Waals surface area contributed by atoms with Gasteiger partial charge in [-0.3, -0.25) is 4.79 Å². The summed E-state index contributed by atoms with van der Waals surface area (Å²) in [6.45, 7) is 5.80. The quantitative estimate of drug-likeness (QED) is 0.495. The largest absolute Gasteiger partial charge is 0.497 e.